The Balaban J connectivity index is 1.77. The Morgan fingerprint density at radius 1 is 1.28 bits per heavy atom. The number of aromatic nitrogens is 2. The van der Waals surface area contributed by atoms with Gasteiger partial charge in [-0.2, -0.15) is 11.3 Å². The summed E-state index contributed by atoms with van der Waals surface area (Å²) in [5, 5.41) is 10.9. The van der Waals surface area contributed by atoms with Gasteiger partial charge in [0.25, 0.3) is 0 Å². The maximum absolute atomic E-state index is 4.34. The molecule has 0 saturated carbocycles. The van der Waals surface area contributed by atoms with Crippen LogP contribution in [0.2, 0.25) is 0 Å². The predicted octanol–water partition coefficient (Wildman–Crippen LogP) is 3.80. The van der Waals surface area contributed by atoms with Crippen LogP contribution in [0.5, 0.6) is 0 Å². The smallest absolute Gasteiger partial charge is 0.138 e. The highest BCUT2D eigenvalue weighted by Crippen LogP contribution is 2.24. The molecule has 1 unspecified atom stereocenters. The van der Waals surface area contributed by atoms with Gasteiger partial charge in [-0.3, -0.25) is 0 Å². The van der Waals surface area contributed by atoms with Crippen LogP contribution < -0.4 is 5.32 Å². The predicted molar refractivity (Wildman–Crippen MR) is 78.5 cm³/mol. The number of hydrogen-bond donors (Lipinski definition) is 1. The molecule has 92 valence electrons. The van der Waals surface area contributed by atoms with E-state index in [0.29, 0.717) is 6.04 Å². The van der Waals surface area contributed by atoms with E-state index in [4.69, 9.17) is 0 Å². The zero-order chi connectivity index (χ0) is 12.4. The molecule has 3 nitrogen and oxygen atoms in total. The van der Waals surface area contributed by atoms with Crippen LogP contribution in [0.1, 0.15) is 12.5 Å². The second-order valence-corrected chi connectivity index (χ2v) is 5.92. The number of rotatable bonds is 4. The molecule has 1 N–H and O–H groups in total. The Hall–Kier alpha value is -1.46. The van der Waals surface area contributed by atoms with E-state index in [9.17, 15) is 0 Å². The zero-order valence-electron chi connectivity index (χ0n) is 9.96. The third-order valence-corrected chi connectivity index (χ3v) is 4.32. The number of hydrogen-bond acceptors (Lipinski definition) is 5. The van der Waals surface area contributed by atoms with Crippen LogP contribution in [-0.4, -0.2) is 16.0 Å². The van der Waals surface area contributed by atoms with Gasteiger partial charge in [0.15, 0.2) is 0 Å². The Morgan fingerprint density at radius 3 is 3.06 bits per heavy atom. The minimum atomic E-state index is 0.359. The van der Waals surface area contributed by atoms with E-state index >= 15 is 0 Å². The van der Waals surface area contributed by atoms with Crippen LogP contribution in [0, 0.1) is 0 Å². The Morgan fingerprint density at radius 2 is 2.22 bits per heavy atom. The molecule has 0 radical (unpaired) electrons. The van der Waals surface area contributed by atoms with Crippen molar-refractivity contribution in [3.63, 3.8) is 0 Å². The molecule has 0 aliphatic carbocycles. The molecule has 3 rings (SSSR count). The van der Waals surface area contributed by atoms with Crippen LogP contribution >= 0.6 is 22.7 Å². The molecule has 3 aromatic rings. The summed E-state index contributed by atoms with van der Waals surface area (Å²) in [4.78, 5) is 9.63. The first-order valence-corrected chi connectivity index (χ1v) is 7.61. The monoisotopic (exact) mass is 275 g/mol. The fourth-order valence-electron chi connectivity index (χ4n) is 1.95. The van der Waals surface area contributed by atoms with Crippen LogP contribution in [0.15, 0.2) is 34.6 Å². The molecule has 18 heavy (non-hydrogen) atoms. The molecular weight excluding hydrogens is 262 g/mol. The molecule has 0 aromatic carbocycles. The highest BCUT2D eigenvalue weighted by Gasteiger charge is 2.08. The van der Waals surface area contributed by atoms with Crippen molar-refractivity contribution in [2.24, 2.45) is 0 Å². The van der Waals surface area contributed by atoms with Gasteiger partial charge in [0, 0.05) is 6.04 Å². The van der Waals surface area contributed by atoms with Gasteiger partial charge < -0.3 is 5.32 Å². The summed E-state index contributed by atoms with van der Waals surface area (Å²) in [7, 11) is 0. The number of nitrogens with one attached hydrogen (secondary N) is 1. The lowest BCUT2D eigenvalue weighted by Gasteiger charge is -2.14. The minimum absolute atomic E-state index is 0.359. The summed E-state index contributed by atoms with van der Waals surface area (Å²) in [5.41, 5.74) is 1.37. The molecule has 0 spiro atoms. The van der Waals surface area contributed by atoms with Crippen molar-refractivity contribution in [1.29, 1.82) is 0 Å². The first-order chi connectivity index (χ1) is 8.83. The first kappa shape index (κ1) is 11.6. The quantitative estimate of drug-likeness (QED) is 0.787. The molecule has 0 bridgehead atoms. The van der Waals surface area contributed by atoms with Crippen molar-refractivity contribution in [1.82, 2.24) is 9.97 Å². The van der Waals surface area contributed by atoms with Gasteiger partial charge in [0.2, 0.25) is 0 Å². The van der Waals surface area contributed by atoms with E-state index in [1.165, 1.54) is 5.56 Å². The van der Waals surface area contributed by atoms with E-state index in [2.05, 4.69) is 45.1 Å². The molecule has 0 aliphatic heterocycles. The van der Waals surface area contributed by atoms with Crippen molar-refractivity contribution in [2.45, 2.75) is 19.4 Å². The zero-order valence-corrected chi connectivity index (χ0v) is 11.6. The number of fused-ring (bicyclic) bond motifs is 1. The standard InChI is InChI=1S/C13H13N3S2/c1-9(6-10-2-4-17-7-10)16-12-11-3-5-18-13(11)15-8-14-12/h2-5,7-9H,6H2,1H3,(H,14,15,16). The molecule has 0 amide bonds. The fourth-order valence-corrected chi connectivity index (χ4v) is 3.37. The second-order valence-electron chi connectivity index (χ2n) is 4.24. The topological polar surface area (TPSA) is 37.8 Å². The summed E-state index contributed by atoms with van der Waals surface area (Å²) in [6, 6.07) is 4.60. The van der Waals surface area contributed by atoms with E-state index in [0.717, 1.165) is 22.5 Å². The lowest BCUT2D eigenvalue weighted by Crippen LogP contribution is -2.18. The second kappa shape index (κ2) is 5.04. The van der Waals surface area contributed by atoms with Gasteiger partial charge in [-0.1, -0.05) is 0 Å². The maximum Gasteiger partial charge on any atom is 0.138 e. The molecule has 0 fully saturated rings. The van der Waals surface area contributed by atoms with Crippen LogP contribution in [0.4, 0.5) is 5.82 Å². The number of thiophene rings is 2. The van der Waals surface area contributed by atoms with E-state index < -0.39 is 0 Å². The van der Waals surface area contributed by atoms with Crippen LogP contribution in [0.3, 0.4) is 0 Å². The Bertz CT molecular complexity index is 631. The number of anilines is 1. The summed E-state index contributed by atoms with van der Waals surface area (Å²) < 4.78 is 0. The van der Waals surface area contributed by atoms with Crippen molar-refractivity contribution in [2.75, 3.05) is 5.32 Å². The highest BCUT2D eigenvalue weighted by molar-refractivity contribution is 7.16. The van der Waals surface area contributed by atoms with E-state index in [1.807, 2.05) is 5.38 Å². The van der Waals surface area contributed by atoms with Gasteiger partial charge >= 0.3 is 0 Å². The van der Waals surface area contributed by atoms with E-state index in [1.54, 1.807) is 29.0 Å². The number of nitrogens with zero attached hydrogens (tertiary/aromatic N) is 2. The Kier molecular flexibility index (Phi) is 3.25. The molecule has 5 heteroatoms. The van der Waals surface area contributed by atoms with Crippen molar-refractivity contribution < 1.29 is 0 Å². The van der Waals surface area contributed by atoms with Gasteiger partial charge in [-0.15, -0.1) is 11.3 Å². The molecule has 3 heterocycles. The maximum atomic E-state index is 4.34. The first-order valence-electron chi connectivity index (χ1n) is 5.79. The van der Waals surface area contributed by atoms with Gasteiger partial charge in [0.1, 0.15) is 17.0 Å². The molecular formula is C13H13N3S2. The summed E-state index contributed by atoms with van der Waals surface area (Å²) >= 11 is 3.38. The van der Waals surface area contributed by atoms with Crippen LogP contribution in [0.25, 0.3) is 10.2 Å². The summed E-state index contributed by atoms with van der Waals surface area (Å²) in [6.45, 7) is 2.18. The molecule has 1 atom stereocenters. The van der Waals surface area contributed by atoms with Gasteiger partial charge in [-0.05, 0) is 47.2 Å². The lowest BCUT2D eigenvalue weighted by molar-refractivity contribution is 0.788. The van der Waals surface area contributed by atoms with Gasteiger partial charge in [-0.25, -0.2) is 9.97 Å². The minimum Gasteiger partial charge on any atom is -0.367 e. The fraction of sp³-hybridized carbons (Fsp3) is 0.231. The largest absolute Gasteiger partial charge is 0.367 e. The molecule has 3 aromatic heterocycles. The average Bonchev–Trinajstić information content (AvgIpc) is 2.99. The van der Waals surface area contributed by atoms with Crippen molar-refractivity contribution >= 4 is 38.7 Å². The molecule has 0 saturated heterocycles. The lowest BCUT2D eigenvalue weighted by atomic mass is 10.1. The van der Waals surface area contributed by atoms with Crippen molar-refractivity contribution in [3.05, 3.63) is 40.2 Å². The molecule has 0 aliphatic rings. The SMILES string of the molecule is CC(Cc1ccsc1)Nc1ncnc2sccc12. The van der Waals surface area contributed by atoms with Crippen LogP contribution in [-0.2, 0) is 6.42 Å². The van der Waals surface area contributed by atoms with Gasteiger partial charge in [0.05, 0.1) is 5.39 Å². The Labute approximate surface area is 114 Å². The third kappa shape index (κ3) is 2.37. The highest BCUT2D eigenvalue weighted by atomic mass is 32.1. The van der Waals surface area contributed by atoms with E-state index in [-0.39, 0.29) is 0 Å². The third-order valence-electron chi connectivity index (χ3n) is 2.77. The van der Waals surface area contributed by atoms with Crippen molar-refractivity contribution in [3.8, 4) is 0 Å². The summed E-state index contributed by atoms with van der Waals surface area (Å²) in [5.74, 6) is 0.934. The summed E-state index contributed by atoms with van der Waals surface area (Å²) in [6.07, 6.45) is 2.64. The average molecular weight is 275 g/mol. The normalized spacial score (nSPS) is 12.7.